The fraction of sp³-hybridized carbons (Fsp3) is 0.647. The third-order valence-corrected chi connectivity index (χ3v) is 4.61. The zero-order valence-corrected chi connectivity index (χ0v) is 12.5. The molecule has 1 saturated carbocycles. The van der Waals surface area contributed by atoms with Crippen molar-refractivity contribution in [2.75, 3.05) is 6.54 Å². The molecular formula is C17H25FN2. The Hall–Kier alpha value is -0.930. The molecule has 1 heterocycles. The van der Waals surface area contributed by atoms with Gasteiger partial charge in [-0.1, -0.05) is 12.1 Å². The summed E-state index contributed by atoms with van der Waals surface area (Å²) in [6.45, 7) is 5.78. The summed E-state index contributed by atoms with van der Waals surface area (Å²) in [4.78, 5) is 2.67. The number of rotatable bonds is 5. The molecule has 0 radical (unpaired) electrons. The Morgan fingerprint density at radius 1 is 1.30 bits per heavy atom. The fourth-order valence-corrected chi connectivity index (χ4v) is 3.53. The first-order chi connectivity index (χ1) is 9.61. The molecule has 3 heteroatoms. The third-order valence-electron chi connectivity index (χ3n) is 4.61. The molecule has 1 aromatic rings. The first kappa shape index (κ1) is 14.0. The second-order valence-electron chi connectivity index (χ2n) is 6.61. The highest BCUT2D eigenvalue weighted by Crippen LogP contribution is 2.33. The van der Waals surface area contributed by atoms with Gasteiger partial charge in [0.2, 0.25) is 0 Å². The van der Waals surface area contributed by atoms with Crippen LogP contribution in [0.25, 0.3) is 0 Å². The van der Waals surface area contributed by atoms with Crippen LogP contribution < -0.4 is 5.32 Å². The summed E-state index contributed by atoms with van der Waals surface area (Å²) in [5.74, 6) is -0.154. The second-order valence-corrected chi connectivity index (χ2v) is 6.61. The van der Waals surface area contributed by atoms with Gasteiger partial charge in [-0.2, -0.15) is 0 Å². The number of benzene rings is 1. The number of nitrogens with zero attached hydrogens (tertiary/aromatic N) is 1. The fourth-order valence-electron chi connectivity index (χ4n) is 3.53. The first-order valence-electron chi connectivity index (χ1n) is 7.88. The van der Waals surface area contributed by atoms with Gasteiger partial charge in [0.1, 0.15) is 5.82 Å². The summed E-state index contributed by atoms with van der Waals surface area (Å²) in [7, 11) is 0. The number of hydrogen-bond donors (Lipinski definition) is 1. The van der Waals surface area contributed by atoms with Crippen LogP contribution in [0.1, 0.15) is 38.7 Å². The van der Waals surface area contributed by atoms with E-state index in [9.17, 15) is 4.39 Å². The van der Waals surface area contributed by atoms with Crippen LogP contribution in [0.5, 0.6) is 0 Å². The van der Waals surface area contributed by atoms with Crippen molar-refractivity contribution in [3.8, 4) is 0 Å². The molecule has 0 spiro atoms. The van der Waals surface area contributed by atoms with Crippen molar-refractivity contribution in [1.29, 1.82) is 0 Å². The molecular weight excluding hydrogens is 251 g/mol. The van der Waals surface area contributed by atoms with E-state index in [4.69, 9.17) is 0 Å². The van der Waals surface area contributed by atoms with E-state index in [0.29, 0.717) is 12.1 Å². The summed E-state index contributed by atoms with van der Waals surface area (Å²) >= 11 is 0. The van der Waals surface area contributed by atoms with E-state index in [1.807, 2.05) is 12.1 Å². The summed E-state index contributed by atoms with van der Waals surface area (Å²) in [6, 6.07) is 9.52. The number of hydrogen-bond acceptors (Lipinski definition) is 2. The average Bonchev–Trinajstić information content (AvgIpc) is 3.17. The number of likely N-dealkylation sites (tertiary alicyclic amines) is 1. The Labute approximate surface area is 121 Å². The summed E-state index contributed by atoms with van der Waals surface area (Å²) in [5.41, 5.74) is 1.21. The molecule has 1 N–H and O–H groups in total. The molecule has 0 aromatic heterocycles. The van der Waals surface area contributed by atoms with Crippen LogP contribution in [-0.2, 0) is 6.42 Å². The molecule has 2 fully saturated rings. The van der Waals surface area contributed by atoms with E-state index >= 15 is 0 Å². The summed E-state index contributed by atoms with van der Waals surface area (Å²) in [6.07, 6.45) is 5.00. The third kappa shape index (κ3) is 3.39. The van der Waals surface area contributed by atoms with Crippen molar-refractivity contribution in [2.45, 2.75) is 63.7 Å². The average molecular weight is 276 g/mol. The van der Waals surface area contributed by atoms with Gasteiger partial charge in [-0.15, -0.1) is 0 Å². The quantitative estimate of drug-likeness (QED) is 0.889. The monoisotopic (exact) mass is 276 g/mol. The van der Waals surface area contributed by atoms with Gasteiger partial charge in [0.05, 0.1) is 0 Å². The van der Waals surface area contributed by atoms with Gasteiger partial charge < -0.3 is 5.32 Å². The normalized spacial score (nSPS) is 28.8. The molecule has 0 amide bonds. The lowest BCUT2D eigenvalue weighted by Crippen LogP contribution is -2.40. The van der Waals surface area contributed by atoms with Crippen LogP contribution in [0.4, 0.5) is 4.39 Å². The van der Waals surface area contributed by atoms with Gasteiger partial charge in [0.25, 0.3) is 0 Å². The van der Waals surface area contributed by atoms with Gasteiger partial charge in [0.15, 0.2) is 0 Å². The standard InChI is InChI=1S/C17H25FN2/c1-12(9-14-3-5-15(18)6-4-14)19-16-10-13(2)20(11-16)17-7-8-17/h3-6,12-13,16-17,19H,7-11H2,1-2H3. The predicted molar refractivity (Wildman–Crippen MR) is 80.3 cm³/mol. The van der Waals surface area contributed by atoms with Crippen molar-refractivity contribution in [3.63, 3.8) is 0 Å². The van der Waals surface area contributed by atoms with E-state index in [1.54, 1.807) is 12.1 Å². The lowest BCUT2D eigenvalue weighted by Gasteiger charge is -2.21. The van der Waals surface area contributed by atoms with E-state index in [-0.39, 0.29) is 5.82 Å². The Morgan fingerprint density at radius 3 is 2.65 bits per heavy atom. The van der Waals surface area contributed by atoms with Crippen molar-refractivity contribution >= 4 is 0 Å². The molecule has 0 bridgehead atoms. The predicted octanol–water partition coefficient (Wildman–Crippen LogP) is 2.97. The Bertz CT molecular complexity index is 441. The highest BCUT2D eigenvalue weighted by atomic mass is 19.1. The minimum absolute atomic E-state index is 0.154. The zero-order chi connectivity index (χ0) is 14.1. The first-order valence-corrected chi connectivity index (χ1v) is 7.88. The summed E-state index contributed by atoms with van der Waals surface area (Å²) < 4.78 is 12.9. The highest BCUT2D eigenvalue weighted by Gasteiger charge is 2.38. The molecule has 3 unspecified atom stereocenters. The Balaban J connectivity index is 1.49. The molecule has 110 valence electrons. The molecule has 1 aliphatic heterocycles. The van der Waals surface area contributed by atoms with E-state index in [0.717, 1.165) is 18.5 Å². The number of nitrogens with one attached hydrogen (secondary N) is 1. The van der Waals surface area contributed by atoms with E-state index < -0.39 is 0 Å². The molecule has 1 aliphatic carbocycles. The van der Waals surface area contributed by atoms with Crippen LogP contribution in [0.15, 0.2) is 24.3 Å². The molecule has 3 atom stereocenters. The van der Waals surface area contributed by atoms with Crippen molar-refractivity contribution in [2.24, 2.45) is 0 Å². The lowest BCUT2D eigenvalue weighted by molar-refractivity contribution is 0.254. The van der Waals surface area contributed by atoms with E-state index in [2.05, 4.69) is 24.1 Å². The van der Waals surface area contributed by atoms with Gasteiger partial charge >= 0.3 is 0 Å². The Morgan fingerprint density at radius 2 is 2.00 bits per heavy atom. The highest BCUT2D eigenvalue weighted by molar-refractivity contribution is 5.17. The molecule has 20 heavy (non-hydrogen) atoms. The Kier molecular flexibility index (Phi) is 4.08. The van der Waals surface area contributed by atoms with Gasteiger partial charge in [-0.3, -0.25) is 4.90 Å². The maximum absolute atomic E-state index is 12.9. The van der Waals surface area contributed by atoms with Crippen LogP contribution in [0, 0.1) is 5.82 Å². The van der Waals surface area contributed by atoms with Crippen molar-refractivity contribution < 1.29 is 4.39 Å². The largest absolute Gasteiger partial charge is 0.310 e. The van der Waals surface area contributed by atoms with Gasteiger partial charge in [-0.25, -0.2) is 4.39 Å². The maximum atomic E-state index is 12.9. The van der Waals surface area contributed by atoms with Crippen LogP contribution >= 0.6 is 0 Å². The lowest BCUT2D eigenvalue weighted by atomic mass is 10.1. The van der Waals surface area contributed by atoms with Gasteiger partial charge in [-0.05, 0) is 57.2 Å². The molecule has 1 aromatic carbocycles. The van der Waals surface area contributed by atoms with Crippen molar-refractivity contribution in [1.82, 2.24) is 10.2 Å². The molecule has 3 rings (SSSR count). The van der Waals surface area contributed by atoms with Crippen LogP contribution in [-0.4, -0.2) is 35.6 Å². The number of halogens is 1. The minimum Gasteiger partial charge on any atom is -0.310 e. The van der Waals surface area contributed by atoms with Crippen LogP contribution in [0.2, 0.25) is 0 Å². The topological polar surface area (TPSA) is 15.3 Å². The molecule has 2 nitrogen and oxygen atoms in total. The van der Waals surface area contributed by atoms with Crippen LogP contribution in [0.3, 0.4) is 0 Å². The van der Waals surface area contributed by atoms with E-state index in [1.165, 1.54) is 31.4 Å². The zero-order valence-electron chi connectivity index (χ0n) is 12.5. The SMILES string of the molecule is CC(Cc1ccc(F)cc1)NC1CC(C)N(C2CC2)C1. The smallest absolute Gasteiger partial charge is 0.123 e. The van der Waals surface area contributed by atoms with Crippen molar-refractivity contribution in [3.05, 3.63) is 35.6 Å². The minimum atomic E-state index is -0.154. The van der Waals surface area contributed by atoms with Gasteiger partial charge in [0, 0.05) is 30.7 Å². The second kappa shape index (κ2) is 5.82. The molecule has 1 saturated heterocycles. The summed E-state index contributed by atoms with van der Waals surface area (Å²) in [5, 5.41) is 3.75. The molecule has 2 aliphatic rings. The maximum Gasteiger partial charge on any atom is 0.123 e.